The second kappa shape index (κ2) is 7.57. The Balaban J connectivity index is 1.60. The van der Waals surface area contributed by atoms with Crippen LogP contribution in [0.3, 0.4) is 0 Å². The van der Waals surface area contributed by atoms with Crippen LogP contribution in [0.5, 0.6) is 5.75 Å². The van der Waals surface area contributed by atoms with Crippen LogP contribution in [-0.2, 0) is 4.79 Å². The fourth-order valence-corrected chi connectivity index (χ4v) is 2.98. The van der Waals surface area contributed by atoms with Gasteiger partial charge in [0.2, 0.25) is 5.91 Å². The SMILES string of the molecule is COc1cccc(N2CC(NC(=O)Nc3ccc(Br)cc3)CC2=O)c1. The van der Waals surface area contributed by atoms with Crippen LogP contribution in [0.25, 0.3) is 0 Å². The quantitative estimate of drug-likeness (QED) is 0.821. The number of rotatable bonds is 4. The Morgan fingerprint density at radius 2 is 2.00 bits per heavy atom. The van der Waals surface area contributed by atoms with Crippen LogP contribution in [0.1, 0.15) is 6.42 Å². The molecule has 25 heavy (non-hydrogen) atoms. The molecule has 0 spiro atoms. The molecular formula is C18H18BrN3O3. The van der Waals surface area contributed by atoms with E-state index in [2.05, 4.69) is 26.6 Å². The number of ether oxygens (including phenoxy) is 1. The van der Waals surface area contributed by atoms with Gasteiger partial charge in [-0.05, 0) is 36.4 Å². The Morgan fingerprint density at radius 1 is 1.24 bits per heavy atom. The van der Waals surface area contributed by atoms with Gasteiger partial charge < -0.3 is 20.3 Å². The summed E-state index contributed by atoms with van der Waals surface area (Å²) >= 11 is 3.35. The van der Waals surface area contributed by atoms with Gasteiger partial charge in [-0.15, -0.1) is 0 Å². The van der Waals surface area contributed by atoms with E-state index in [0.717, 1.165) is 10.2 Å². The number of hydrogen-bond donors (Lipinski definition) is 2. The maximum Gasteiger partial charge on any atom is 0.319 e. The number of nitrogens with zero attached hydrogens (tertiary/aromatic N) is 1. The van der Waals surface area contributed by atoms with Crippen molar-refractivity contribution in [2.75, 3.05) is 23.9 Å². The summed E-state index contributed by atoms with van der Waals surface area (Å²) in [5.74, 6) is 0.664. The number of halogens is 1. The van der Waals surface area contributed by atoms with Crippen molar-refractivity contribution in [1.29, 1.82) is 0 Å². The van der Waals surface area contributed by atoms with Gasteiger partial charge in [0.15, 0.2) is 0 Å². The number of carbonyl (C=O) groups excluding carboxylic acids is 2. The number of amides is 3. The summed E-state index contributed by atoms with van der Waals surface area (Å²) in [4.78, 5) is 26.0. The maximum atomic E-state index is 12.3. The molecule has 2 N–H and O–H groups in total. The van der Waals surface area contributed by atoms with E-state index >= 15 is 0 Å². The molecule has 2 aromatic carbocycles. The van der Waals surface area contributed by atoms with E-state index < -0.39 is 0 Å². The molecule has 1 heterocycles. The van der Waals surface area contributed by atoms with Crippen LogP contribution in [0.4, 0.5) is 16.2 Å². The fourth-order valence-electron chi connectivity index (χ4n) is 2.72. The number of urea groups is 1. The zero-order valence-electron chi connectivity index (χ0n) is 13.7. The van der Waals surface area contributed by atoms with Gasteiger partial charge in [0.25, 0.3) is 0 Å². The molecule has 1 aliphatic heterocycles. The third kappa shape index (κ3) is 4.30. The highest BCUT2D eigenvalue weighted by Gasteiger charge is 2.31. The minimum atomic E-state index is -0.326. The maximum absolute atomic E-state index is 12.3. The lowest BCUT2D eigenvalue weighted by atomic mass is 10.2. The lowest BCUT2D eigenvalue weighted by Gasteiger charge is -2.18. The van der Waals surface area contributed by atoms with Gasteiger partial charge in [-0.2, -0.15) is 0 Å². The van der Waals surface area contributed by atoms with E-state index in [4.69, 9.17) is 4.74 Å². The van der Waals surface area contributed by atoms with Crippen molar-refractivity contribution in [1.82, 2.24) is 5.32 Å². The second-order valence-corrected chi connectivity index (χ2v) is 6.63. The van der Waals surface area contributed by atoms with Gasteiger partial charge in [0, 0.05) is 34.9 Å². The van der Waals surface area contributed by atoms with Crippen molar-refractivity contribution >= 4 is 39.2 Å². The zero-order valence-corrected chi connectivity index (χ0v) is 15.2. The molecule has 3 amide bonds. The summed E-state index contributed by atoms with van der Waals surface area (Å²) < 4.78 is 6.13. The number of hydrogen-bond acceptors (Lipinski definition) is 3. The van der Waals surface area contributed by atoms with Crippen LogP contribution >= 0.6 is 15.9 Å². The van der Waals surface area contributed by atoms with Crippen molar-refractivity contribution in [3.63, 3.8) is 0 Å². The standard InChI is InChI=1S/C18H18BrN3O3/c1-25-16-4-2-3-15(10-16)22-11-14(9-17(22)23)21-18(24)20-13-7-5-12(19)6-8-13/h2-8,10,14H,9,11H2,1H3,(H2,20,21,24). The molecule has 0 bridgehead atoms. The molecule has 1 atom stereocenters. The Kier molecular flexibility index (Phi) is 5.23. The van der Waals surface area contributed by atoms with Crippen LogP contribution in [0.2, 0.25) is 0 Å². The van der Waals surface area contributed by atoms with Gasteiger partial charge in [-0.25, -0.2) is 4.79 Å². The zero-order chi connectivity index (χ0) is 17.8. The topological polar surface area (TPSA) is 70.7 Å². The first-order chi connectivity index (χ1) is 12.0. The third-order valence-electron chi connectivity index (χ3n) is 3.93. The Bertz CT molecular complexity index is 779. The number of benzene rings is 2. The van der Waals surface area contributed by atoms with Gasteiger partial charge in [-0.3, -0.25) is 4.79 Å². The molecule has 3 rings (SSSR count). The molecule has 1 fully saturated rings. The first-order valence-corrected chi connectivity index (χ1v) is 8.62. The molecule has 7 heteroatoms. The highest BCUT2D eigenvalue weighted by Crippen LogP contribution is 2.25. The van der Waals surface area contributed by atoms with Crippen molar-refractivity contribution < 1.29 is 14.3 Å². The van der Waals surface area contributed by atoms with E-state index in [0.29, 0.717) is 18.0 Å². The van der Waals surface area contributed by atoms with E-state index in [-0.39, 0.29) is 24.4 Å². The molecule has 1 saturated heterocycles. The summed E-state index contributed by atoms with van der Waals surface area (Å²) in [6, 6.07) is 14.0. The van der Waals surface area contributed by atoms with Crippen LogP contribution in [0, 0.1) is 0 Å². The normalized spacial score (nSPS) is 16.6. The van der Waals surface area contributed by atoms with Gasteiger partial charge >= 0.3 is 6.03 Å². The lowest BCUT2D eigenvalue weighted by molar-refractivity contribution is -0.117. The summed E-state index contributed by atoms with van der Waals surface area (Å²) in [6.07, 6.45) is 0.269. The summed E-state index contributed by atoms with van der Waals surface area (Å²) in [5.41, 5.74) is 1.46. The van der Waals surface area contributed by atoms with Crippen molar-refractivity contribution in [3.8, 4) is 5.75 Å². The average Bonchev–Trinajstić information content (AvgIpc) is 2.97. The molecule has 0 aliphatic carbocycles. The molecule has 0 radical (unpaired) electrons. The van der Waals surface area contributed by atoms with Gasteiger partial charge in [0.1, 0.15) is 5.75 Å². The van der Waals surface area contributed by atoms with Crippen LogP contribution in [0.15, 0.2) is 53.0 Å². The molecule has 0 saturated carbocycles. The molecule has 2 aromatic rings. The van der Waals surface area contributed by atoms with Gasteiger partial charge in [-0.1, -0.05) is 22.0 Å². The van der Waals surface area contributed by atoms with Crippen molar-refractivity contribution in [2.24, 2.45) is 0 Å². The molecule has 130 valence electrons. The highest BCUT2D eigenvalue weighted by atomic mass is 79.9. The summed E-state index contributed by atoms with van der Waals surface area (Å²) in [7, 11) is 1.59. The van der Waals surface area contributed by atoms with E-state index in [1.54, 1.807) is 24.1 Å². The van der Waals surface area contributed by atoms with E-state index in [1.165, 1.54) is 0 Å². The smallest absolute Gasteiger partial charge is 0.319 e. The fraction of sp³-hybridized carbons (Fsp3) is 0.222. The van der Waals surface area contributed by atoms with Crippen LogP contribution < -0.4 is 20.3 Å². The number of methoxy groups -OCH3 is 1. The Morgan fingerprint density at radius 3 is 2.72 bits per heavy atom. The minimum absolute atomic E-state index is 0.0257. The monoisotopic (exact) mass is 403 g/mol. The predicted molar refractivity (Wildman–Crippen MR) is 100 cm³/mol. The van der Waals surface area contributed by atoms with Crippen molar-refractivity contribution in [2.45, 2.75) is 12.5 Å². The average molecular weight is 404 g/mol. The molecule has 1 unspecified atom stereocenters. The number of carbonyl (C=O) groups is 2. The van der Waals surface area contributed by atoms with Crippen LogP contribution in [-0.4, -0.2) is 31.6 Å². The summed E-state index contributed by atoms with van der Waals surface area (Å²) in [5, 5.41) is 5.61. The highest BCUT2D eigenvalue weighted by molar-refractivity contribution is 9.10. The minimum Gasteiger partial charge on any atom is -0.497 e. The first kappa shape index (κ1) is 17.3. The van der Waals surface area contributed by atoms with E-state index in [1.807, 2.05) is 36.4 Å². The Hall–Kier alpha value is -2.54. The third-order valence-corrected chi connectivity index (χ3v) is 4.46. The first-order valence-electron chi connectivity index (χ1n) is 7.82. The van der Waals surface area contributed by atoms with Gasteiger partial charge in [0.05, 0.1) is 13.2 Å². The number of nitrogens with one attached hydrogen (secondary N) is 2. The molecule has 6 nitrogen and oxygen atoms in total. The molecule has 1 aliphatic rings. The predicted octanol–water partition coefficient (Wildman–Crippen LogP) is 3.38. The molecular weight excluding hydrogens is 386 g/mol. The Labute approximate surface area is 154 Å². The largest absolute Gasteiger partial charge is 0.497 e. The second-order valence-electron chi connectivity index (χ2n) is 5.71. The van der Waals surface area contributed by atoms with E-state index in [9.17, 15) is 9.59 Å². The number of anilines is 2. The summed E-state index contributed by atoms with van der Waals surface area (Å²) in [6.45, 7) is 0.430. The lowest BCUT2D eigenvalue weighted by Crippen LogP contribution is -2.39. The van der Waals surface area contributed by atoms with Crippen molar-refractivity contribution in [3.05, 3.63) is 53.0 Å². The molecule has 0 aromatic heterocycles.